The fourth-order valence-electron chi connectivity index (χ4n) is 2.38. The maximum absolute atomic E-state index is 12.2. The second-order valence-electron chi connectivity index (χ2n) is 5.80. The van der Waals surface area contributed by atoms with Gasteiger partial charge in [-0.3, -0.25) is 4.79 Å². The molecule has 0 heterocycles. The second-order valence-corrected chi connectivity index (χ2v) is 5.80. The van der Waals surface area contributed by atoms with Gasteiger partial charge in [0.2, 0.25) is 0 Å². The van der Waals surface area contributed by atoms with Crippen LogP contribution in [-0.2, 0) is 6.42 Å². The maximum Gasteiger partial charge on any atom is 0.185 e. The molecule has 0 aromatic heterocycles. The molecule has 2 aromatic carbocycles. The van der Waals surface area contributed by atoms with Crippen LogP contribution in [0.4, 0.5) is 0 Å². The predicted octanol–water partition coefficient (Wildman–Crippen LogP) is 4.47. The van der Waals surface area contributed by atoms with Gasteiger partial charge in [0.25, 0.3) is 0 Å². The van der Waals surface area contributed by atoms with Crippen molar-refractivity contribution in [3.63, 3.8) is 0 Å². The summed E-state index contributed by atoms with van der Waals surface area (Å²) < 4.78 is 0. The van der Waals surface area contributed by atoms with E-state index < -0.39 is 0 Å². The maximum atomic E-state index is 12.2. The SMILES string of the molecule is CCN(C)CCCc1ccc(C(=O)C=Cc2ccccc2)cc1. The number of aryl methyl sites for hydroxylation is 1. The van der Waals surface area contributed by atoms with Gasteiger partial charge in [-0.05, 0) is 50.2 Å². The summed E-state index contributed by atoms with van der Waals surface area (Å²) in [5.41, 5.74) is 3.07. The van der Waals surface area contributed by atoms with Crippen molar-refractivity contribution in [2.45, 2.75) is 19.8 Å². The molecule has 0 unspecified atom stereocenters. The molecule has 0 spiro atoms. The van der Waals surface area contributed by atoms with E-state index in [1.807, 2.05) is 48.5 Å². The number of ketones is 1. The van der Waals surface area contributed by atoms with Crippen LogP contribution in [0.15, 0.2) is 60.7 Å². The number of carbonyl (C=O) groups is 1. The first-order valence-electron chi connectivity index (χ1n) is 8.24. The van der Waals surface area contributed by atoms with E-state index in [0.717, 1.165) is 37.1 Å². The highest BCUT2D eigenvalue weighted by Gasteiger charge is 2.02. The summed E-state index contributed by atoms with van der Waals surface area (Å²) in [5.74, 6) is 0.0473. The third-order valence-electron chi connectivity index (χ3n) is 4.01. The van der Waals surface area contributed by atoms with Gasteiger partial charge in [-0.2, -0.15) is 0 Å². The van der Waals surface area contributed by atoms with Gasteiger partial charge in [0, 0.05) is 5.56 Å². The Balaban J connectivity index is 1.88. The molecule has 2 rings (SSSR count). The van der Waals surface area contributed by atoms with Crippen LogP contribution in [0, 0.1) is 0 Å². The van der Waals surface area contributed by atoms with Gasteiger partial charge in [0.15, 0.2) is 5.78 Å². The summed E-state index contributed by atoms with van der Waals surface area (Å²) in [4.78, 5) is 14.5. The molecule has 0 bridgehead atoms. The monoisotopic (exact) mass is 307 g/mol. The van der Waals surface area contributed by atoms with Crippen LogP contribution in [-0.4, -0.2) is 30.8 Å². The molecule has 2 nitrogen and oxygen atoms in total. The Morgan fingerprint density at radius 3 is 2.39 bits per heavy atom. The van der Waals surface area contributed by atoms with Crippen molar-refractivity contribution in [2.75, 3.05) is 20.1 Å². The van der Waals surface area contributed by atoms with Crippen LogP contribution in [0.5, 0.6) is 0 Å². The van der Waals surface area contributed by atoms with Crippen molar-refractivity contribution in [1.29, 1.82) is 0 Å². The van der Waals surface area contributed by atoms with Crippen molar-refractivity contribution >= 4 is 11.9 Å². The number of hydrogen-bond donors (Lipinski definition) is 0. The van der Waals surface area contributed by atoms with Crippen molar-refractivity contribution in [1.82, 2.24) is 4.90 Å². The molecular weight excluding hydrogens is 282 g/mol. The van der Waals surface area contributed by atoms with Gasteiger partial charge in [0.1, 0.15) is 0 Å². The number of hydrogen-bond acceptors (Lipinski definition) is 2. The summed E-state index contributed by atoms with van der Waals surface area (Å²) in [6.07, 6.45) is 5.70. The smallest absolute Gasteiger partial charge is 0.185 e. The fraction of sp³-hybridized carbons (Fsp3) is 0.286. The molecule has 0 fully saturated rings. The van der Waals surface area contributed by atoms with Crippen LogP contribution in [0.3, 0.4) is 0 Å². The predicted molar refractivity (Wildman–Crippen MR) is 97.7 cm³/mol. The molecule has 0 saturated carbocycles. The number of carbonyl (C=O) groups excluding carboxylic acids is 1. The molecule has 23 heavy (non-hydrogen) atoms. The average Bonchev–Trinajstić information content (AvgIpc) is 2.61. The Morgan fingerprint density at radius 1 is 1.04 bits per heavy atom. The quantitative estimate of drug-likeness (QED) is 0.530. The standard InChI is InChI=1S/C21H25NO/c1-3-22(2)17-7-10-19-11-14-20(15-12-19)21(23)16-13-18-8-5-4-6-9-18/h4-6,8-9,11-16H,3,7,10,17H2,1-2H3. The molecule has 2 aromatic rings. The Morgan fingerprint density at radius 2 is 1.74 bits per heavy atom. The summed E-state index contributed by atoms with van der Waals surface area (Å²) in [6, 6.07) is 17.9. The zero-order valence-corrected chi connectivity index (χ0v) is 14.0. The minimum Gasteiger partial charge on any atom is -0.307 e. The van der Waals surface area contributed by atoms with Crippen LogP contribution >= 0.6 is 0 Å². The average molecular weight is 307 g/mol. The second kappa shape index (κ2) is 9.06. The molecule has 120 valence electrons. The summed E-state index contributed by atoms with van der Waals surface area (Å²) in [6.45, 7) is 4.36. The van der Waals surface area contributed by atoms with Crippen LogP contribution in [0.1, 0.15) is 34.8 Å². The van der Waals surface area contributed by atoms with Crippen LogP contribution < -0.4 is 0 Å². The van der Waals surface area contributed by atoms with Gasteiger partial charge in [-0.15, -0.1) is 0 Å². The first kappa shape index (κ1) is 17.2. The van der Waals surface area contributed by atoms with Crippen molar-refractivity contribution < 1.29 is 4.79 Å². The third-order valence-corrected chi connectivity index (χ3v) is 4.01. The van der Waals surface area contributed by atoms with Gasteiger partial charge < -0.3 is 4.90 Å². The molecule has 0 atom stereocenters. The molecule has 0 aliphatic carbocycles. The van der Waals surface area contributed by atoms with Crippen molar-refractivity contribution in [2.24, 2.45) is 0 Å². The Labute approximate surface area is 139 Å². The van der Waals surface area contributed by atoms with Crippen LogP contribution in [0.25, 0.3) is 6.08 Å². The minimum absolute atomic E-state index is 0.0473. The molecule has 0 radical (unpaired) electrons. The fourth-order valence-corrected chi connectivity index (χ4v) is 2.38. The highest BCUT2D eigenvalue weighted by Crippen LogP contribution is 2.10. The van der Waals surface area contributed by atoms with Gasteiger partial charge in [-0.25, -0.2) is 0 Å². The Bertz CT molecular complexity index is 629. The van der Waals surface area contributed by atoms with E-state index in [-0.39, 0.29) is 5.78 Å². The zero-order chi connectivity index (χ0) is 16.5. The van der Waals surface area contributed by atoms with E-state index in [1.165, 1.54) is 5.56 Å². The lowest BCUT2D eigenvalue weighted by Gasteiger charge is -2.13. The molecule has 0 amide bonds. The van der Waals surface area contributed by atoms with Crippen molar-refractivity contribution in [3.05, 3.63) is 77.4 Å². The normalized spacial score (nSPS) is 11.3. The van der Waals surface area contributed by atoms with Crippen LogP contribution in [0.2, 0.25) is 0 Å². The molecule has 0 N–H and O–H groups in total. The van der Waals surface area contributed by atoms with E-state index in [9.17, 15) is 4.79 Å². The van der Waals surface area contributed by atoms with E-state index in [0.29, 0.717) is 0 Å². The van der Waals surface area contributed by atoms with Crippen molar-refractivity contribution in [3.8, 4) is 0 Å². The molecule has 2 heteroatoms. The lowest BCUT2D eigenvalue weighted by atomic mass is 10.0. The first-order chi connectivity index (χ1) is 11.2. The van der Waals surface area contributed by atoms with E-state index >= 15 is 0 Å². The highest BCUT2D eigenvalue weighted by atomic mass is 16.1. The van der Waals surface area contributed by atoms with E-state index in [1.54, 1.807) is 6.08 Å². The van der Waals surface area contributed by atoms with Gasteiger partial charge in [-0.1, -0.05) is 67.6 Å². The molecule has 0 aliphatic heterocycles. The summed E-state index contributed by atoms with van der Waals surface area (Å²) in [5, 5.41) is 0. The Hall–Kier alpha value is -2.19. The summed E-state index contributed by atoms with van der Waals surface area (Å²) >= 11 is 0. The number of nitrogens with zero attached hydrogens (tertiary/aromatic N) is 1. The number of benzene rings is 2. The Kier molecular flexibility index (Phi) is 6.76. The first-order valence-corrected chi connectivity index (χ1v) is 8.24. The van der Waals surface area contributed by atoms with E-state index in [2.05, 4.69) is 31.0 Å². The largest absolute Gasteiger partial charge is 0.307 e. The zero-order valence-electron chi connectivity index (χ0n) is 14.0. The van der Waals surface area contributed by atoms with E-state index in [4.69, 9.17) is 0 Å². The third kappa shape index (κ3) is 5.84. The highest BCUT2D eigenvalue weighted by molar-refractivity contribution is 6.06. The number of allylic oxidation sites excluding steroid dienone is 1. The summed E-state index contributed by atoms with van der Waals surface area (Å²) in [7, 11) is 2.14. The number of rotatable bonds is 8. The molecule has 0 aliphatic rings. The van der Waals surface area contributed by atoms with Gasteiger partial charge >= 0.3 is 0 Å². The van der Waals surface area contributed by atoms with Gasteiger partial charge in [0.05, 0.1) is 0 Å². The lowest BCUT2D eigenvalue weighted by molar-refractivity contribution is 0.104. The molecular formula is C21H25NO. The lowest BCUT2D eigenvalue weighted by Crippen LogP contribution is -2.19. The minimum atomic E-state index is 0.0473. The topological polar surface area (TPSA) is 20.3 Å². The molecule has 0 saturated heterocycles.